The van der Waals surface area contributed by atoms with Crippen LogP contribution in [0, 0.1) is 0 Å². The van der Waals surface area contributed by atoms with Crippen LogP contribution in [0.2, 0.25) is 0 Å². The highest BCUT2D eigenvalue weighted by Gasteiger charge is 2.36. The predicted molar refractivity (Wildman–Crippen MR) is 292 cm³/mol. The van der Waals surface area contributed by atoms with Crippen molar-refractivity contribution in [2.75, 3.05) is 4.90 Å². The monoisotopic (exact) mass is 880 g/mol. The highest BCUT2D eigenvalue weighted by atomic mass is 15.1. The maximum Gasteiger partial charge on any atom is 0.0541 e. The van der Waals surface area contributed by atoms with Gasteiger partial charge in [0.1, 0.15) is 0 Å². The van der Waals surface area contributed by atoms with Gasteiger partial charge in [-0.05, 0) is 139 Å². The van der Waals surface area contributed by atoms with E-state index in [0.29, 0.717) is 0 Å². The van der Waals surface area contributed by atoms with Crippen molar-refractivity contribution in [2.24, 2.45) is 0 Å². The fourth-order valence-electron chi connectivity index (χ4n) is 11.1. The molecule has 0 radical (unpaired) electrons. The zero-order chi connectivity index (χ0) is 46.1. The van der Waals surface area contributed by atoms with Crippen molar-refractivity contribution in [1.29, 1.82) is 0 Å². The van der Waals surface area contributed by atoms with Crippen molar-refractivity contribution in [3.63, 3.8) is 0 Å². The topological polar surface area (TPSA) is 8.17 Å². The first-order valence-corrected chi connectivity index (χ1v) is 24.0. The number of rotatable bonds is 8. The first kappa shape index (κ1) is 40.5. The molecule has 0 amide bonds. The third-order valence-corrected chi connectivity index (χ3v) is 14.6. The van der Waals surface area contributed by atoms with Crippen molar-refractivity contribution in [2.45, 2.75) is 19.3 Å². The molecule has 0 aliphatic heterocycles. The number of para-hydroxylation sites is 2. The van der Waals surface area contributed by atoms with E-state index >= 15 is 0 Å². The van der Waals surface area contributed by atoms with Gasteiger partial charge in [-0.25, -0.2) is 0 Å². The van der Waals surface area contributed by atoms with Gasteiger partial charge in [-0.3, -0.25) is 0 Å². The SMILES string of the molecule is CC1(C)c2ccccc2-c2ccc(N(c3ccc4ccccc4c3)c3ccccc3-c3ccc(-c4ccc5c(c4)c4ccccc4n5-c4cc(-c5ccccc5)cc(-c5ccccc5)c4)cc3)cc21. The van der Waals surface area contributed by atoms with Gasteiger partial charge in [-0.15, -0.1) is 0 Å². The first-order chi connectivity index (χ1) is 34.0. The van der Waals surface area contributed by atoms with Crippen molar-refractivity contribution in [3.05, 3.63) is 266 Å². The number of nitrogens with zero attached hydrogens (tertiary/aromatic N) is 2. The molecule has 1 aliphatic rings. The van der Waals surface area contributed by atoms with Gasteiger partial charge in [0.25, 0.3) is 0 Å². The van der Waals surface area contributed by atoms with Gasteiger partial charge in [0.2, 0.25) is 0 Å². The van der Waals surface area contributed by atoms with Crippen LogP contribution >= 0.6 is 0 Å². The number of benzene rings is 11. The Balaban J connectivity index is 0.906. The number of aromatic nitrogens is 1. The Kier molecular flexibility index (Phi) is 9.55. The van der Waals surface area contributed by atoms with E-state index in [4.69, 9.17) is 0 Å². The average molecular weight is 881 g/mol. The average Bonchev–Trinajstić information content (AvgIpc) is 3.86. The summed E-state index contributed by atoms with van der Waals surface area (Å²) in [6.07, 6.45) is 0. The normalized spacial score (nSPS) is 12.6. The number of hydrogen-bond donors (Lipinski definition) is 0. The molecule has 326 valence electrons. The molecule has 0 atom stereocenters. The zero-order valence-corrected chi connectivity index (χ0v) is 38.6. The summed E-state index contributed by atoms with van der Waals surface area (Å²) in [5, 5.41) is 4.91. The standard InChI is InChI=1S/C67H48N2/c1-67(2)62-26-14-11-24-58(62)59-37-36-55(44-63(59)67)68(54-35-33-47-21-9-10-22-50(47)40-54)64-27-15-12-23-57(64)49-31-29-48(30-32-49)51-34-38-66-61(43-51)60-25-13-16-28-65(60)69(66)56-41-52(45-17-5-3-6-18-45)39-53(42-56)46-19-7-4-8-20-46/h3-44H,1-2H3. The van der Waals surface area contributed by atoms with Crippen molar-refractivity contribution in [1.82, 2.24) is 4.57 Å². The quantitative estimate of drug-likeness (QED) is 0.148. The van der Waals surface area contributed by atoms with Gasteiger partial charge in [0, 0.05) is 38.8 Å². The lowest BCUT2D eigenvalue weighted by molar-refractivity contribution is 0.660. The van der Waals surface area contributed by atoms with Crippen LogP contribution in [0.1, 0.15) is 25.0 Å². The Bertz CT molecular complexity index is 3860. The summed E-state index contributed by atoms with van der Waals surface area (Å²) in [6.45, 7) is 4.72. The second-order valence-corrected chi connectivity index (χ2v) is 18.9. The van der Waals surface area contributed by atoms with Gasteiger partial charge in [0.05, 0.1) is 16.7 Å². The minimum absolute atomic E-state index is 0.121. The van der Waals surface area contributed by atoms with Crippen molar-refractivity contribution in [3.8, 4) is 61.3 Å². The third kappa shape index (κ3) is 6.87. The number of anilines is 3. The van der Waals surface area contributed by atoms with Gasteiger partial charge in [-0.1, -0.05) is 202 Å². The van der Waals surface area contributed by atoms with E-state index < -0.39 is 0 Å². The van der Waals surface area contributed by atoms with Crippen LogP contribution in [0.25, 0.3) is 93.9 Å². The van der Waals surface area contributed by atoms with E-state index in [0.717, 1.165) is 22.7 Å². The molecular formula is C67H48N2. The van der Waals surface area contributed by atoms with Crippen LogP contribution in [-0.2, 0) is 5.41 Å². The molecule has 13 rings (SSSR count). The highest BCUT2D eigenvalue weighted by molar-refractivity contribution is 6.11. The molecule has 1 heterocycles. The molecule has 69 heavy (non-hydrogen) atoms. The fourth-order valence-corrected chi connectivity index (χ4v) is 11.1. The van der Waals surface area contributed by atoms with Crippen molar-refractivity contribution < 1.29 is 0 Å². The van der Waals surface area contributed by atoms with E-state index in [2.05, 4.69) is 278 Å². The molecule has 12 aromatic rings. The van der Waals surface area contributed by atoms with Crippen LogP contribution in [0.5, 0.6) is 0 Å². The largest absolute Gasteiger partial charge is 0.310 e. The molecular weight excluding hydrogens is 833 g/mol. The Hall–Kier alpha value is -8.72. The lowest BCUT2D eigenvalue weighted by atomic mass is 9.82. The van der Waals surface area contributed by atoms with Crippen LogP contribution in [0.4, 0.5) is 17.1 Å². The maximum absolute atomic E-state index is 2.46. The Morgan fingerprint density at radius 3 is 1.64 bits per heavy atom. The fraction of sp³-hybridized carbons (Fsp3) is 0.0448. The third-order valence-electron chi connectivity index (χ3n) is 14.6. The molecule has 0 N–H and O–H groups in total. The molecule has 2 heteroatoms. The van der Waals surface area contributed by atoms with Gasteiger partial charge >= 0.3 is 0 Å². The van der Waals surface area contributed by atoms with E-state index in [9.17, 15) is 0 Å². The van der Waals surface area contributed by atoms with Gasteiger partial charge in [0.15, 0.2) is 0 Å². The second kappa shape index (κ2) is 16.3. The van der Waals surface area contributed by atoms with Gasteiger partial charge < -0.3 is 9.47 Å². The van der Waals surface area contributed by atoms with E-state index in [1.165, 1.54) is 99.3 Å². The summed E-state index contributed by atoms with van der Waals surface area (Å²) in [5.41, 5.74) is 21.7. The second-order valence-electron chi connectivity index (χ2n) is 18.9. The summed E-state index contributed by atoms with van der Waals surface area (Å²) in [4.78, 5) is 2.46. The predicted octanol–water partition coefficient (Wildman–Crippen LogP) is 18.4. The molecule has 11 aromatic carbocycles. The number of fused-ring (bicyclic) bond motifs is 7. The van der Waals surface area contributed by atoms with Crippen LogP contribution < -0.4 is 4.90 Å². The lowest BCUT2D eigenvalue weighted by Gasteiger charge is -2.30. The Labute approximate surface area is 403 Å². The molecule has 0 unspecified atom stereocenters. The molecule has 1 aromatic heterocycles. The molecule has 0 spiro atoms. The Morgan fingerprint density at radius 1 is 0.319 bits per heavy atom. The van der Waals surface area contributed by atoms with Crippen LogP contribution in [-0.4, -0.2) is 4.57 Å². The molecule has 1 aliphatic carbocycles. The first-order valence-electron chi connectivity index (χ1n) is 24.0. The summed E-state index contributed by atoms with van der Waals surface area (Å²) in [6, 6.07) is 93.7. The van der Waals surface area contributed by atoms with E-state index in [1.807, 2.05) is 0 Å². The molecule has 0 saturated carbocycles. The molecule has 0 bridgehead atoms. The zero-order valence-electron chi connectivity index (χ0n) is 38.6. The molecule has 0 saturated heterocycles. The minimum Gasteiger partial charge on any atom is -0.310 e. The maximum atomic E-state index is 2.46. The molecule has 2 nitrogen and oxygen atoms in total. The lowest BCUT2D eigenvalue weighted by Crippen LogP contribution is -2.16. The molecule has 0 fully saturated rings. The van der Waals surface area contributed by atoms with Crippen LogP contribution in [0.3, 0.4) is 0 Å². The summed E-state index contributed by atoms with van der Waals surface area (Å²) < 4.78 is 2.44. The van der Waals surface area contributed by atoms with Crippen LogP contribution in [0.15, 0.2) is 255 Å². The summed E-state index contributed by atoms with van der Waals surface area (Å²) in [5.74, 6) is 0. The number of hydrogen-bond acceptors (Lipinski definition) is 1. The van der Waals surface area contributed by atoms with E-state index in [-0.39, 0.29) is 5.41 Å². The van der Waals surface area contributed by atoms with Gasteiger partial charge in [-0.2, -0.15) is 0 Å². The minimum atomic E-state index is -0.121. The summed E-state index contributed by atoms with van der Waals surface area (Å²) in [7, 11) is 0. The smallest absolute Gasteiger partial charge is 0.0541 e. The Morgan fingerprint density at radius 2 is 0.870 bits per heavy atom. The van der Waals surface area contributed by atoms with E-state index in [1.54, 1.807) is 0 Å². The van der Waals surface area contributed by atoms with Crippen molar-refractivity contribution >= 4 is 49.6 Å². The summed E-state index contributed by atoms with van der Waals surface area (Å²) >= 11 is 0. The highest BCUT2D eigenvalue weighted by Crippen LogP contribution is 2.51.